The molecule has 0 aromatic heterocycles. The van der Waals surface area contributed by atoms with Gasteiger partial charge in [0.05, 0.1) is 6.61 Å². The van der Waals surface area contributed by atoms with Gasteiger partial charge in [-0.05, 0) is 6.54 Å². The molecule has 1 unspecified atom stereocenters. The molecule has 68 valence electrons. The maximum Gasteiger partial charge on any atom is 0.389 e. The van der Waals surface area contributed by atoms with Crippen molar-refractivity contribution in [2.45, 2.75) is 12.6 Å². The molecule has 0 fully saturated rings. The maximum absolute atomic E-state index is 11.7. The van der Waals surface area contributed by atoms with Gasteiger partial charge < -0.3 is 10.5 Å². The summed E-state index contributed by atoms with van der Waals surface area (Å²) in [4.78, 5) is 0. The van der Waals surface area contributed by atoms with Crippen LogP contribution >= 0.6 is 0 Å². The minimum Gasteiger partial charge on any atom is -0.384 e. The zero-order valence-electron chi connectivity index (χ0n) is 6.32. The van der Waals surface area contributed by atoms with Gasteiger partial charge in [0.2, 0.25) is 0 Å². The number of methoxy groups -OCH3 is 1. The first kappa shape index (κ1) is 10.7. The molecule has 0 aliphatic heterocycles. The Kier molecular flexibility index (Phi) is 4.44. The average molecular weight is 171 g/mol. The Morgan fingerprint density at radius 2 is 2.00 bits per heavy atom. The largest absolute Gasteiger partial charge is 0.389 e. The Hall–Kier alpha value is -0.290. The van der Waals surface area contributed by atoms with Crippen molar-refractivity contribution < 1.29 is 17.9 Å². The molecule has 0 radical (unpaired) electrons. The molecule has 0 aliphatic rings. The lowest BCUT2D eigenvalue weighted by Gasteiger charge is -2.15. The van der Waals surface area contributed by atoms with Crippen molar-refractivity contribution in [2.24, 2.45) is 11.7 Å². The molecule has 0 rings (SSSR count). The summed E-state index contributed by atoms with van der Waals surface area (Å²) < 4.78 is 39.7. The van der Waals surface area contributed by atoms with Gasteiger partial charge in [0, 0.05) is 19.4 Å². The fourth-order valence-electron chi connectivity index (χ4n) is 0.773. The Labute approximate surface area is 63.5 Å². The predicted molar refractivity (Wildman–Crippen MR) is 35.1 cm³/mol. The van der Waals surface area contributed by atoms with Crippen LogP contribution in [-0.2, 0) is 4.74 Å². The van der Waals surface area contributed by atoms with Gasteiger partial charge in [-0.15, -0.1) is 0 Å². The van der Waals surface area contributed by atoms with Gasteiger partial charge in [-0.3, -0.25) is 0 Å². The average Bonchev–Trinajstić information content (AvgIpc) is 1.84. The van der Waals surface area contributed by atoms with Crippen LogP contribution in [0, 0.1) is 5.92 Å². The highest BCUT2D eigenvalue weighted by molar-refractivity contribution is 4.63. The molecule has 0 aromatic rings. The summed E-state index contributed by atoms with van der Waals surface area (Å²) in [6.07, 6.45) is -5.00. The van der Waals surface area contributed by atoms with E-state index in [1.54, 1.807) is 0 Å². The number of hydrogen-bond donors (Lipinski definition) is 1. The minimum absolute atomic E-state index is 0.00729. The van der Waals surface area contributed by atoms with E-state index >= 15 is 0 Å². The Bertz CT molecular complexity index is 104. The van der Waals surface area contributed by atoms with Crippen molar-refractivity contribution >= 4 is 0 Å². The first-order valence-electron chi connectivity index (χ1n) is 3.25. The number of ether oxygens (including phenoxy) is 1. The number of hydrogen-bond acceptors (Lipinski definition) is 2. The number of alkyl halides is 3. The van der Waals surface area contributed by atoms with Gasteiger partial charge in [0.1, 0.15) is 0 Å². The van der Waals surface area contributed by atoms with Crippen LogP contribution in [0.25, 0.3) is 0 Å². The van der Waals surface area contributed by atoms with Gasteiger partial charge in [-0.1, -0.05) is 0 Å². The van der Waals surface area contributed by atoms with Crippen molar-refractivity contribution in [3.63, 3.8) is 0 Å². The second-order valence-corrected chi connectivity index (χ2v) is 2.38. The summed E-state index contributed by atoms with van der Waals surface area (Å²) >= 11 is 0. The molecule has 2 N–H and O–H groups in total. The zero-order chi connectivity index (χ0) is 8.91. The molecule has 0 saturated carbocycles. The van der Waals surface area contributed by atoms with E-state index < -0.39 is 18.5 Å². The minimum atomic E-state index is -4.14. The molecule has 0 amide bonds. The van der Waals surface area contributed by atoms with Gasteiger partial charge in [-0.25, -0.2) is 0 Å². The smallest absolute Gasteiger partial charge is 0.384 e. The van der Waals surface area contributed by atoms with E-state index in [0.717, 1.165) is 0 Å². The Morgan fingerprint density at radius 3 is 2.27 bits per heavy atom. The first-order chi connectivity index (χ1) is 4.99. The highest BCUT2D eigenvalue weighted by Gasteiger charge is 2.31. The predicted octanol–water partition coefficient (Wildman–Crippen LogP) is 1.16. The fraction of sp³-hybridized carbons (Fsp3) is 1.00. The highest BCUT2D eigenvalue weighted by Crippen LogP contribution is 2.24. The van der Waals surface area contributed by atoms with Crippen LogP contribution in [-0.4, -0.2) is 26.4 Å². The summed E-state index contributed by atoms with van der Waals surface area (Å²) in [7, 11) is 1.36. The van der Waals surface area contributed by atoms with Crippen LogP contribution in [0.5, 0.6) is 0 Å². The number of halogens is 3. The highest BCUT2D eigenvalue weighted by atomic mass is 19.4. The second kappa shape index (κ2) is 4.56. The topological polar surface area (TPSA) is 35.2 Å². The molecular formula is C6H12F3NO. The standard InChI is InChI=1S/C6H12F3NO/c1-11-4-5(3-10)2-6(7,8)9/h5H,2-4,10H2,1H3. The van der Waals surface area contributed by atoms with Crippen LogP contribution < -0.4 is 5.73 Å². The molecule has 0 saturated heterocycles. The van der Waals surface area contributed by atoms with E-state index in [2.05, 4.69) is 4.74 Å². The third-order valence-electron chi connectivity index (χ3n) is 1.26. The lowest BCUT2D eigenvalue weighted by molar-refractivity contribution is -0.147. The van der Waals surface area contributed by atoms with Crippen LogP contribution in [0.4, 0.5) is 13.2 Å². The molecule has 0 spiro atoms. The fourth-order valence-corrected chi connectivity index (χ4v) is 0.773. The molecule has 0 aliphatic carbocycles. The van der Waals surface area contributed by atoms with Crippen molar-refractivity contribution in [3.8, 4) is 0 Å². The monoisotopic (exact) mass is 171 g/mol. The van der Waals surface area contributed by atoms with Crippen molar-refractivity contribution in [1.29, 1.82) is 0 Å². The van der Waals surface area contributed by atoms with Gasteiger partial charge in [0.15, 0.2) is 0 Å². The Morgan fingerprint density at radius 1 is 1.45 bits per heavy atom. The third kappa shape index (κ3) is 6.12. The van der Waals surface area contributed by atoms with Gasteiger partial charge in [-0.2, -0.15) is 13.2 Å². The van der Waals surface area contributed by atoms with Gasteiger partial charge >= 0.3 is 6.18 Å². The van der Waals surface area contributed by atoms with Crippen molar-refractivity contribution in [3.05, 3.63) is 0 Å². The first-order valence-corrected chi connectivity index (χ1v) is 3.25. The Balaban J connectivity index is 3.68. The number of nitrogens with two attached hydrogens (primary N) is 1. The molecular weight excluding hydrogens is 159 g/mol. The molecule has 2 nitrogen and oxygen atoms in total. The summed E-state index contributed by atoms with van der Waals surface area (Å²) in [5, 5.41) is 0. The summed E-state index contributed by atoms with van der Waals surface area (Å²) in [5.74, 6) is -0.611. The second-order valence-electron chi connectivity index (χ2n) is 2.38. The van der Waals surface area contributed by atoms with Crippen molar-refractivity contribution in [2.75, 3.05) is 20.3 Å². The maximum atomic E-state index is 11.7. The lowest BCUT2D eigenvalue weighted by Crippen LogP contribution is -2.25. The molecule has 5 heteroatoms. The van der Waals surface area contributed by atoms with E-state index in [1.807, 2.05) is 0 Å². The quantitative estimate of drug-likeness (QED) is 0.688. The molecule has 0 aromatic carbocycles. The zero-order valence-corrected chi connectivity index (χ0v) is 6.32. The van der Waals surface area contributed by atoms with E-state index in [-0.39, 0.29) is 13.2 Å². The summed E-state index contributed by atoms with van der Waals surface area (Å²) in [5.41, 5.74) is 5.09. The SMILES string of the molecule is COCC(CN)CC(F)(F)F. The van der Waals surface area contributed by atoms with Crippen LogP contribution in [0.15, 0.2) is 0 Å². The van der Waals surface area contributed by atoms with Crippen LogP contribution in [0.2, 0.25) is 0 Å². The third-order valence-corrected chi connectivity index (χ3v) is 1.26. The van der Waals surface area contributed by atoms with Crippen LogP contribution in [0.3, 0.4) is 0 Å². The molecule has 11 heavy (non-hydrogen) atoms. The van der Waals surface area contributed by atoms with Crippen LogP contribution in [0.1, 0.15) is 6.42 Å². The molecule has 0 heterocycles. The van der Waals surface area contributed by atoms with E-state index in [0.29, 0.717) is 0 Å². The molecule has 1 atom stereocenters. The lowest BCUT2D eigenvalue weighted by atomic mass is 10.1. The van der Waals surface area contributed by atoms with E-state index in [9.17, 15) is 13.2 Å². The number of rotatable bonds is 4. The summed E-state index contributed by atoms with van der Waals surface area (Å²) in [6.45, 7) is 0.0728. The van der Waals surface area contributed by atoms with Gasteiger partial charge in [0.25, 0.3) is 0 Å². The van der Waals surface area contributed by atoms with E-state index in [1.165, 1.54) is 7.11 Å². The molecule has 0 bridgehead atoms. The van der Waals surface area contributed by atoms with E-state index in [4.69, 9.17) is 5.73 Å². The van der Waals surface area contributed by atoms with Crippen molar-refractivity contribution in [1.82, 2.24) is 0 Å². The normalized spacial score (nSPS) is 15.0. The summed E-state index contributed by atoms with van der Waals surface area (Å²) in [6, 6.07) is 0.